The van der Waals surface area contributed by atoms with Crippen molar-refractivity contribution in [3.63, 3.8) is 0 Å². The second kappa shape index (κ2) is 6.46. The zero-order valence-corrected chi connectivity index (χ0v) is 13.0. The fourth-order valence-electron chi connectivity index (χ4n) is 2.76. The summed E-state index contributed by atoms with van der Waals surface area (Å²) >= 11 is 0. The lowest BCUT2D eigenvalue weighted by Crippen LogP contribution is -2.50. The van der Waals surface area contributed by atoms with Crippen LogP contribution in [-0.4, -0.2) is 58.5 Å². The van der Waals surface area contributed by atoms with E-state index < -0.39 is 17.6 Å². The highest BCUT2D eigenvalue weighted by atomic mass is 16.3. The van der Waals surface area contributed by atoms with Gasteiger partial charge in [0.2, 0.25) is 5.91 Å². The summed E-state index contributed by atoms with van der Waals surface area (Å²) in [5.41, 5.74) is 4.76. The zero-order chi connectivity index (χ0) is 16.3. The molecule has 1 aliphatic rings. The van der Waals surface area contributed by atoms with Gasteiger partial charge in [0.1, 0.15) is 0 Å². The van der Waals surface area contributed by atoms with Crippen molar-refractivity contribution in [3.8, 4) is 0 Å². The molecule has 0 spiro atoms. The minimum Gasteiger partial charge on any atom is -0.379 e. The monoisotopic (exact) mass is 305 g/mol. The van der Waals surface area contributed by atoms with E-state index in [1.54, 1.807) is 23.8 Å². The van der Waals surface area contributed by atoms with Crippen molar-refractivity contribution in [1.82, 2.24) is 9.80 Å². The summed E-state index contributed by atoms with van der Waals surface area (Å²) in [5, 5.41) is 10.1. The van der Waals surface area contributed by atoms with Crippen molar-refractivity contribution in [2.24, 2.45) is 5.73 Å². The minimum atomic E-state index is -1.52. The zero-order valence-electron chi connectivity index (χ0n) is 13.0. The number of hydrogen-bond acceptors (Lipinski definition) is 4. The van der Waals surface area contributed by atoms with Crippen LogP contribution >= 0.6 is 0 Å². The topological polar surface area (TPSA) is 86.9 Å². The molecule has 2 atom stereocenters. The van der Waals surface area contributed by atoms with E-state index in [9.17, 15) is 14.7 Å². The van der Waals surface area contributed by atoms with Gasteiger partial charge in [-0.25, -0.2) is 0 Å². The Morgan fingerprint density at radius 3 is 2.59 bits per heavy atom. The van der Waals surface area contributed by atoms with Gasteiger partial charge in [-0.05, 0) is 18.9 Å². The number of carbonyl (C=O) groups excluding carboxylic acids is 2. The molecule has 1 aromatic rings. The second-order valence-electron chi connectivity index (χ2n) is 5.97. The molecule has 2 rings (SSSR count). The standard InChI is InChI=1S/C16H23N3O3/c1-12(19-9-8-16(22,11-19)15(17)21)14(20)18(2)10-13-6-4-3-5-7-13/h3-7,12,22H,8-11H2,1-2H3,(H2,17,21)/t12-,16-/m0/s1. The molecule has 0 aliphatic carbocycles. The van der Waals surface area contributed by atoms with Crippen molar-refractivity contribution in [2.75, 3.05) is 20.1 Å². The number of likely N-dealkylation sites (N-methyl/N-ethyl adjacent to an activating group) is 1. The maximum atomic E-state index is 12.5. The average molecular weight is 305 g/mol. The summed E-state index contributed by atoms with van der Waals surface area (Å²) in [7, 11) is 1.75. The normalized spacial score (nSPS) is 23.2. The molecular weight excluding hydrogens is 282 g/mol. The van der Waals surface area contributed by atoms with E-state index >= 15 is 0 Å². The Labute approximate surface area is 130 Å². The quantitative estimate of drug-likeness (QED) is 0.799. The maximum absolute atomic E-state index is 12.5. The molecule has 0 unspecified atom stereocenters. The highest BCUT2D eigenvalue weighted by Crippen LogP contribution is 2.23. The highest BCUT2D eigenvalue weighted by molar-refractivity contribution is 5.85. The summed E-state index contributed by atoms with van der Waals surface area (Å²) in [6, 6.07) is 9.34. The summed E-state index contributed by atoms with van der Waals surface area (Å²) in [6.45, 7) is 2.90. The van der Waals surface area contributed by atoms with E-state index in [4.69, 9.17) is 5.73 Å². The SMILES string of the molecule is C[C@@H](C(=O)N(C)Cc1ccccc1)N1CC[C@@](O)(C(N)=O)C1. The molecule has 6 nitrogen and oxygen atoms in total. The number of amides is 2. The number of carbonyl (C=O) groups is 2. The van der Waals surface area contributed by atoms with Crippen molar-refractivity contribution >= 4 is 11.8 Å². The van der Waals surface area contributed by atoms with E-state index in [0.29, 0.717) is 13.1 Å². The fourth-order valence-corrected chi connectivity index (χ4v) is 2.76. The Balaban J connectivity index is 1.96. The number of aliphatic hydroxyl groups is 1. The average Bonchev–Trinajstić information content (AvgIpc) is 2.90. The number of rotatable bonds is 5. The molecule has 2 amide bonds. The number of likely N-dealkylation sites (tertiary alicyclic amines) is 1. The Hall–Kier alpha value is -1.92. The number of nitrogens with two attached hydrogens (primary N) is 1. The van der Waals surface area contributed by atoms with Gasteiger partial charge in [-0.15, -0.1) is 0 Å². The van der Waals surface area contributed by atoms with Crippen molar-refractivity contribution in [1.29, 1.82) is 0 Å². The van der Waals surface area contributed by atoms with Crippen LogP contribution in [0.5, 0.6) is 0 Å². The van der Waals surface area contributed by atoms with Crippen LogP contribution in [0.4, 0.5) is 0 Å². The Kier molecular flexibility index (Phi) is 4.83. The molecule has 22 heavy (non-hydrogen) atoms. The molecule has 1 fully saturated rings. The van der Waals surface area contributed by atoms with Crippen LogP contribution in [0, 0.1) is 0 Å². The predicted octanol–water partition coefficient (Wildman–Crippen LogP) is -0.0444. The van der Waals surface area contributed by atoms with Gasteiger partial charge in [-0.1, -0.05) is 30.3 Å². The third-order valence-corrected chi connectivity index (χ3v) is 4.28. The Morgan fingerprint density at radius 2 is 2.05 bits per heavy atom. The van der Waals surface area contributed by atoms with Gasteiger partial charge in [-0.2, -0.15) is 0 Å². The van der Waals surface area contributed by atoms with E-state index in [1.807, 2.05) is 30.3 Å². The third kappa shape index (κ3) is 3.45. The fraction of sp³-hybridized carbons (Fsp3) is 0.500. The van der Waals surface area contributed by atoms with E-state index in [0.717, 1.165) is 5.56 Å². The van der Waals surface area contributed by atoms with Gasteiger partial charge < -0.3 is 15.7 Å². The molecule has 1 saturated heterocycles. The minimum absolute atomic E-state index is 0.0439. The predicted molar refractivity (Wildman–Crippen MR) is 82.7 cm³/mol. The number of hydrogen-bond donors (Lipinski definition) is 2. The van der Waals surface area contributed by atoms with Crippen molar-refractivity contribution < 1.29 is 14.7 Å². The Bertz CT molecular complexity index is 549. The molecule has 0 aromatic heterocycles. The van der Waals surface area contributed by atoms with Gasteiger partial charge in [0, 0.05) is 26.7 Å². The number of benzene rings is 1. The van der Waals surface area contributed by atoms with Crippen LogP contribution in [0.3, 0.4) is 0 Å². The Morgan fingerprint density at radius 1 is 1.41 bits per heavy atom. The number of β-amino-alcohol motifs (C(OH)–C–C–N with tert-alkyl or cyclic N) is 1. The first-order valence-corrected chi connectivity index (χ1v) is 7.39. The van der Waals surface area contributed by atoms with Crippen LogP contribution in [0.15, 0.2) is 30.3 Å². The first-order valence-electron chi connectivity index (χ1n) is 7.39. The van der Waals surface area contributed by atoms with Crippen LogP contribution in [0.25, 0.3) is 0 Å². The van der Waals surface area contributed by atoms with Crippen LogP contribution in [-0.2, 0) is 16.1 Å². The number of nitrogens with zero attached hydrogens (tertiary/aromatic N) is 2. The van der Waals surface area contributed by atoms with Gasteiger partial charge >= 0.3 is 0 Å². The van der Waals surface area contributed by atoms with Crippen molar-refractivity contribution in [2.45, 2.75) is 31.5 Å². The summed E-state index contributed by atoms with van der Waals surface area (Å²) in [5.74, 6) is -0.773. The molecule has 0 saturated carbocycles. The van der Waals surface area contributed by atoms with E-state index in [2.05, 4.69) is 0 Å². The van der Waals surface area contributed by atoms with E-state index in [-0.39, 0.29) is 18.9 Å². The highest BCUT2D eigenvalue weighted by Gasteiger charge is 2.44. The van der Waals surface area contributed by atoms with Gasteiger partial charge in [0.25, 0.3) is 5.91 Å². The van der Waals surface area contributed by atoms with Crippen LogP contribution in [0.1, 0.15) is 18.9 Å². The molecule has 6 heteroatoms. The molecule has 1 heterocycles. The van der Waals surface area contributed by atoms with Gasteiger partial charge in [-0.3, -0.25) is 14.5 Å². The lowest BCUT2D eigenvalue weighted by atomic mass is 10.0. The molecule has 120 valence electrons. The second-order valence-corrected chi connectivity index (χ2v) is 5.97. The van der Waals surface area contributed by atoms with E-state index in [1.165, 1.54) is 0 Å². The third-order valence-electron chi connectivity index (χ3n) is 4.28. The largest absolute Gasteiger partial charge is 0.379 e. The molecule has 3 N–H and O–H groups in total. The molecule has 1 aromatic carbocycles. The molecule has 0 bridgehead atoms. The van der Waals surface area contributed by atoms with Gasteiger partial charge in [0.05, 0.1) is 6.04 Å². The lowest BCUT2D eigenvalue weighted by molar-refractivity contribution is -0.138. The molecule has 1 aliphatic heterocycles. The molecular formula is C16H23N3O3. The summed E-state index contributed by atoms with van der Waals surface area (Å²) in [4.78, 5) is 27.2. The van der Waals surface area contributed by atoms with Gasteiger partial charge in [0.15, 0.2) is 5.60 Å². The number of primary amides is 1. The first kappa shape index (κ1) is 16.5. The maximum Gasteiger partial charge on any atom is 0.250 e. The summed E-state index contributed by atoms with van der Waals surface area (Å²) < 4.78 is 0. The van der Waals surface area contributed by atoms with Crippen molar-refractivity contribution in [3.05, 3.63) is 35.9 Å². The smallest absolute Gasteiger partial charge is 0.250 e. The lowest BCUT2D eigenvalue weighted by Gasteiger charge is -2.28. The summed E-state index contributed by atoms with van der Waals surface area (Å²) in [6.07, 6.45) is 0.266. The molecule has 0 radical (unpaired) electrons. The van der Waals surface area contributed by atoms with Crippen LogP contribution in [0.2, 0.25) is 0 Å². The van der Waals surface area contributed by atoms with Crippen LogP contribution < -0.4 is 5.73 Å². The first-order chi connectivity index (χ1) is 10.3.